The Hall–Kier alpha value is -2.09. The molecule has 0 amide bonds. The minimum atomic E-state index is 0.101. The van der Waals surface area contributed by atoms with Crippen LogP contribution in [0.5, 0.6) is 5.75 Å². The Bertz CT molecular complexity index is 501. The molecule has 0 aliphatic rings. The fourth-order valence-corrected chi connectivity index (χ4v) is 1.70. The Labute approximate surface area is 101 Å². The quantitative estimate of drug-likeness (QED) is 0.748. The van der Waals surface area contributed by atoms with Crippen molar-refractivity contribution in [3.63, 3.8) is 0 Å². The summed E-state index contributed by atoms with van der Waals surface area (Å²) in [5, 5.41) is 0. The van der Waals surface area contributed by atoms with Crippen LogP contribution in [-0.4, -0.2) is 12.9 Å². The molecule has 0 spiro atoms. The molecule has 2 nitrogen and oxygen atoms in total. The van der Waals surface area contributed by atoms with Gasteiger partial charge in [-0.1, -0.05) is 42.0 Å². The summed E-state index contributed by atoms with van der Waals surface area (Å²) >= 11 is 0. The zero-order valence-corrected chi connectivity index (χ0v) is 9.72. The average Bonchev–Trinajstić information content (AvgIpc) is 2.37. The maximum absolute atomic E-state index is 10.2. The van der Waals surface area contributed by atoms with E-state index in [1.807, 2.05) is 30.3 Å². The summed E-state index contributed by atoms with van der Waals surface area (Å²) in [6.45, 7) is 2.18. The summed E-state index contributed by atoms with van der Waals surface area (Å²) in [7, 11) is 0. The van der Waals surface area contributed by atoms with E-state index in [4.69, 9.17) is 4.74 Å². The van der Waals surface area contributed by atoms with Crippen molar-refractivity contribution in [3.8, 4) is 16.9 Å². The van der Waals surface area contributed by atoms with E-state index in [0.717, 1.165) is 11.8 Å². The van der Waals surface area contributed by atoms with Crippen molar-refractivity contribution in [1.29, 1.82) is 0 Å². The lowest BCUT2D eigenvalue weighted by atomic mass is 10.0. The van der Waals surface area contributed by atoms with E-state index in [9.17, 15) is 4.79 Å². The van der Waals surface area contributed by atoms with Gasteiger partial charge in [-0.2, -0.15) is 0 Å². The number of aldehydes is 1. The van der Waals surface area contributed by atoms with E-state index >= 15 is 0 Å². The van der Waals surface area contributed by atoms with Crippen LogP contribution in [0.15, 0.2) is 48.5 Å². The molecule has 0 heterocycles. The van der Waals surface area contributed by atoms with E-state index in [-0.39, 0.29) is 6.61 Å². The molecule has 0 bridgehead atoms. The van der Waals surface area contributed by atoms with Gasteiger partial charge in [-0.3, -0.25) is 4.79 Å². The van der Waals surface area contributed by atoms with Crippen molar-refractivity contribution >= 4 is 6.29 Å². The molecule has 0 aliphatic carbocycles. The van der Waals surface area contributed by atoms with Crippen LogP contribution in [0, 0.1) is 6.92 Å². The second-order valence-electron chi connectivity index (χ2n) is 3.87. The van der Waals surface area contributed by atoms with Gasteiger partial charge in [-0.25, -0.2) is 0 Å². The molecular weight excluding hydrogens is 212 g/mol. The van der Waals surface area contributed by atoms with E-state index < -0.39 is 0 Å². The zero-order valence-electron chi connectivity index (χ0n) is 9.72. The predicted molar refractivity (Wildman–Crippen MR) is 68.2 cm³/mol. The fourth-order valence-electron chi connectivity index (χ4n) is 1.70. The maximum Gasteiger partial charge on any atom is 0.157 e. The van der Waals surface area contributed by atoms with Crippen LogP contribution >= 0.6 is 0 Å². The largest absolute Gasteiger partial charge is 0.486 e. The van der Waals surface area contributed by atoms with Gasteiger partial charge >= 0.3 is 0 Å². The summed E-state index contributed by atoms with van der Waals surface area (Å²) in [6, 6.07) is 16.1. The molecule has 17 heavy (non-hydrogen) atoms. The Kier molecular flexibility index (Phi) is 3.55. The summed E-state index contributed by atoms with van der Waals surface area (Å²) < 4.78 is 5.20. The SMILES string of the molecule is Cc1cccc(-c2ccc(OCC=O)cc2)c1. The minimum Gasteiger partial charge on any atom is -0.486 e. The number of aryl methyl sites for hydroxylation is 1. The monoisotopic (exact) mass is 226 g/mol. The lowest BCUT2D eigenvalue weighted by Gasteiger charge is -2.05. The normalized spacial score (nSPS) is 9.94. The van der Waals surface area contributed by atoms with Gasteiger partial charge in [0.2, 0.25) is 0 Å². The molecule has 0 fully saturated rings. The van der Waals surface area contributed by atoms with Crippen LogP contribution in [0.2, 0.25) is 0 Å². The molecule has 86 valence electrons. The lowest BCUT2D eigenvalue weighted by Crippen LogP contribution is -1.97. The Morgan fingerprint density at radius 3 is 2.47 bits per heavy atom. The summed E-state index contributed by atoms with van der Waals surface area (Å²) in [6.07, 6.45) is 0.745. The van der Waals surface area contributed by atoms with Gasteiger partial charge in [0.05, 0.1) is 0 Å². The third-order valence-corrected chi connectivity index (χ3v) is 2.52. The van der Waals surface area contributed by atoms with Crippen LogP contribution < -0.4 is 4.74 Å². The smallest absolute Gasteiger partial charge is 0.157 e. The number of carbonyl (C=O) groups is 1. The second kappa shape index (κ2) is 5.30. The number of rotatable bonds is 4. The summed E-state index contributed by atoms with van der Waals surface area (Å²) in [4.78, 5) is 10.2. The zero-order chi connectivity index (χ0) is 12.1. The first-order chi connectivity index (χ1) is 8.29. The number of hydrogen-bond acceptors (Lipinski definition) is 2. The highest BCUT2D eigenvalue weighted by Gasteiger charge is 1.98. The molecule has 0 aromatic heterocycles. The standard InChI is InChI=1S/C15H14O2/c1-12-3-2-4-14(11-12)13-5-7-15(8-6-13)17-10-9-16/h2-9,11H,10H2,1H3. The van der Waals surface area contributed by atoms with Crippen molar-refractivity contribution in [2.45, 2.75) is 6.92 Å². The van der Waals surface area contributed by atoms with Gasteiger partial charge in [0.1, 0.15) is 12.4 Å². The third kappa shape index (κ3) is 2.94. The van der Waals surface area contributed by atoms with Crippen LogP contribution in [0.4, 0.5) is 0 Å². The lowest BCUT2D eigenvalue weighted by molar-refractivity contribution is -0.109. The van der Waals surface area contributed by atoms with Crippen molar-refractivity contribution in [2.24, 2.45) is 0 Å². The van der Waals surface area contributed by atoms with E-state index in [1.54, 1.807) is 0 Å². The second-order valence-corrected chi connectivity index (χ2v) is 3.87. The fraction of sp³-hybridized carbons (Fsp3) is 0.133. The van der Waals surface area contributed by atoms with Crippen LogP contribution in [0.3, 0.4) is 0 Å². The predicted octanol–water partition coefficient (Wildman–Crippen LogP) is 3.24. The van der Waals surface area contributed by atoms with E-state index in [2.05, 4.69) is 25.1 Å². The van der Waals surface area contributed by atoms with Crippen LogP contribution in [0.25, 0.3) is 11.1 Å². The Balaban J connectivity index is 2.20. The number of carbonyl (C=O) groups excluding carboxylic acids is 1. The number of hydrogen-bond donors (Lipinski definition) is 0. The van der Waals surface area contributed by atoms with Gasteiger partial charge < -0.3 is 4.74 Å². The molecule has 2 aromatic carbocycles. The molecule has 2 aromatic rings. The third-order valence-electron chi connectivity index (χ3n) is 2.52. The first kappa shape index (κ1) is 11.4. The Morgan fingerprint density at radius 2 is 1.82 bits per heavy atom. The van der Waals surface area contributed by atoms with Gasteiger partial charge in [0.25, 0.3) is 0 Å². The molecule has 0 aliphatic heterocycles. The molecule has 0 radical (unpaired) electrons. The highest BCUT2D eigenvalue weighted by Crippen LogP contribution is 2.22. The molecule has 0 saturated heterocycles. The minimum absolute atomic E-state index is 0.101. The molecule has 2 rings (SSSR count). The summed E-state index contributed by atoms with van der Waals surface area (Å²) in [5.74, 6) is 0.716. The maximum atomic E-state index is 10.2. The molecule has 0 N–H and O–H groups in total. The highest BCUT2D eigenvalue weighted by atomic mass is 16.5. The molecular formula is C15H14O2. The average molecular weight is 226 g/mol. The van der Waals surface area contributed by atoms with Gasteiger partial charge in [0.15, 0.2) is 6.29 Å². The van der Waals surface area contributed by atoms with Crippen LogP contribution in [0.1, 0.15) is 5.56 Å². The van der Waals surface area contributed by atoms with Crippen molar-refractivity contribution < 1.29 is 9.53 Å². The molecule has 0 unspecified atom stereocenters. The van der Waals surface area contributed by atoms with E-state index in [0.29, 0.717) is 5.75 Å². The molecule has 0 atom stereocenters. The van der Waals surface area contributed by atoms with Gasteiger partial charge in [-0.15, -0.1) is 0 Å². The van der Waals surface area contributed by atoms with Crippen molar-refractivity contribution in [2.75, 3.05) is 6.61 Å². The first-order valence-corrected chi connectivity index (χ1v) is 5.53. The van der Waals surface area contributed by atoms with Crippen molar-refractivity contribution in [3.05, 3.63) is 54.1 Å². The van der Waals surface area contributed by atoms with Crippen LogP contribution in [-0.2, 0) is 4.79 Å². The molecule has 2 heteroatoms. The first-order valence-electron chi connectivity index (χ1n) is 5.53. The number of ether oxygens (including phenoxy) is 1. The highest BCUT2D eigenvalue weighted by molar-refractivity contribution is 5.64. The van der Waals surface area contributed by atoms with E-state index in [1.165, 1.54) is 11.1 Å². The van der Waals surface area contributed by atoms with Gasteiger partial charge in [0, 0.05) is 0 Å². The van der Waals surface area contributed by atoms with Gasteiger partial charge in [-0.05, 0) is 30.2 Å². The Morgan fingerprint density at radius 1 is 1.06 bits per heavy atom. The van der Waals surface area contributed by atoms with Crippen molar-refractivity contribution in [1.82, 2.24) is 0 Å². The topological polar surface area (TPSA) is 26.3 Å². The summed E-state index contributed by atoms with van der Waals surface area (Å²) in [5.41, 5.74) is 3.57. The number of benzene rings is 2. The molecule has 0 saturated carbocycles.